The van der Waals surface area contributed by atoms with Crippen LogP contribution in [0.15, 0.2) is 18.2 Å². The van der Waals surface area contributed by atoms with Crippen LogP contribution in [0, 0.1) is 22.0 Å². The number of nitro groups is 1. The predicted octanol–water partition coefficient (Wildman–Crippen LogP) is 2.70. The number of methoxy groups -OCH3 is 1. The van der Waals surface area contributed by atoms with Crippen molar-refractivity contribution in [3.05, 3.63) is 33.9 Å². The van der Waals surface area contributed by atoms with Crippen molar-refractivity contribution in [3.63, 3.8) is 0 Å². The first-order valence-corrected chi connectivity index (χ1v) is 8.62. The van der Waals surface area contributed by atoms with E-state index in [-0.39, 0.29) is 28.9 Å². The van der Waals surface area contributed by atoms with Gasteiger partial charge in [-0.15, -0.1) is 0 Å². The maximum Gasteiger partial charge on any atom is 0.342 e. The highest BCUT2D eigenvalue weighted by Gasteiger charge is 2.28. The zero-order chi connectivity index (χ0) is 19.3. The van der Waals surface area contributed by atoms with E-state index >= 15 is 0 Å². The summed E-state index contributed by atoms with van der Waals surface area (Å²) in [4.78, 5) is 34.6. The molecule has 1 fully saturated rings. The number of carbonyl (C=O) groups excluding carboxylic acids is 2. The van der Waals surface area contributed by atoms with E-state index in [0.717, 1.165) is 25.3 Å². The lowest BCUT2D eigenvalue weighted by Crippen LogP contribution is -2.45. The van der Waals surface area contributed by atoms with E-state index in [9.17, 15) is 19.7 Å². The van der Waals surface area contributed by atoms with Gasteiger partial charge in [0.05, 0.1) is 12.0 Å². The molecule has 0 unspecified atom stereocenters. The number of esters is 1. The van der Waals surface area contributed by atoms with Crippen molar-refractivity contribution in [1.82, 2.24) is 5.32 Å². The number of rotatable bonds is 6. The summed E-state index contributed by atoms with van der Waals surface area (Å²) in [7, 11) is 1.34. The maximum atomic E-state index is 12.2. The van der Waals surface area contributed by atoms with Gasteiger partial charge in [0.2, 0.25) is 0 Å². The summed E-state index contributed by atoms with van der Waals surface area (Å²) in [5.41, 5.74) is -0.346. The van der Waals surface area contributed by atoms with E-state index in [0.29, 0.717) is 11.8 Å². The van der Waals surface area contributed by atoms with Gasteiger partial charge in [-0.25, -0.2) is 4.79 Å². The number of ether oxygens (including phenoxy) is 2. The van der Waals surface area contributed by atoms with Crippen molar-refractivity contribution < 1.29 is 24.0 Å². The molecule has 1 saturated carbocycles. The molecular formula is C18H24N2O6. The van der Waals surface area contributed by atoms with Gasteiger partial charge in [-0.1, -0.05) is 26.7 Å². The first kappa shape index (κ1) is 19.7. The minimum atomic E-state index is -0.842. The number of nitrogens with zero attached hydrogens (tertiary/aromatic N) is 1. The highest BCUT2D eigenvalue weighted by molar-refractivity contribution is 5.94. The minimum Gasteiger partial charge on any atom is -0.496 e. The zero-order valence-corrected chi connectivity index (χ0v) is 15.2. The highest BCUT2D eigenvalue weighted by atomic mass is 16.6. The van der Waals surface area contributed by atoms with E-state index in [1.807, 2.05) is 0 Å². The second-order valence-electron chi connectivity index (χ2n) is 6.66. The molecule has 0 aliphatic heterocycles. The number of carbonyl (C=O) groups is 2. The van der Waals surface area contributed by atoms with Gasteiger partial charge in [-0.05, 0) is 24.3 Å². The molecule has 8 nitrogen and oxygen atoms in total. The summed E-state index contributed by atoms with van der Waals surface area (Å²) in [6.07, 6.45) is 3.11. The molecule has 1 aromatic rings. The maximum absolute atomic E-state index is 12.2. The Hall–Kier alpha value is -2.64. The molecule has 26 heavy (non-hydrogen) atoms. The van der Waals surface area contributed by atoms with Crippen molar-refractivity contribution in [2.75, 3.05) is 13.7 Å². The lowest BCUT2D eigenvalue weighted by atomic mass is 9.78. The lowest BCUT2D eigenvalue weighted by Gasteiger charge is -2.34. The normalized spacial score (nSPS) is 22.3. The molecule has 0 aromatic heterocycles. The van der Waals surface area contributed by atoms with Crippen LogP contribution in [0.2, 0.25) is 0 Å². The Morgan fingerprint density at radius 3 is 2.69 bits per heavy atom. The van der Waals surface area contributed by atoms with Crippen molar-refractivity contribution in [2.45, 2.75) is 39.2 Å². The van der Waals surface area contributed by atoms with Gasteiger partial charge in [-0.3, -0.25) is 14.9 Å². The van der Waals surface area contributed by atoms with E-state index in [1.54, 1.807) is 0 Å². The van der Waals surface area contributed by atoms with Crippen LogP contribution < -0.4 is 10.1 Å². The second kappa shape index (κ2) is 8.64. The van der Waals surface area contributed by atoms with Gasteiger partial charge in [0.1, 0.15) is 11.3 Å². The van der Waals surface area contributed by atoms with Crippen molar-refractivity contribution >= 4 is 17.6 Å². The largest absolute Gasteiger partial charge is 0.496 e. The van der Waals surface area contributed by atoms with Crippen LogP contribution in [0.1, 0.15) is 43.5 Å². The number of benzene rings is 1. The highest BCUT2D eigenvalue weighted by Crippen LogP contribution is 2.29. The molecular weight excluding hydrogens is 340 g/mol. The Balaban J connectivity index is 1.96. The Kier molecular flexibility index (Phi) is 6.54. The fourth-order valence-corrected chi connectivity index (χ4v) is 3.21. The van der Waals surface area contributed by atoms with Gasteiger partial charge >= 0.3 is 5.97 Å². The average molecular weight is 364 g/mol. The third-order valence-electron chi connectivity index (χ3n) is 5.00. The molecule has 0 radical (unpaired) electrons. The van der Waals surface area contributed by atoms with Crippen molar-refractivity contribution in [3.8, 4) is 5.75 Å². The van der Waals surface area contributed by atoms with Crippen molar-refractivity contribution in [2.24, 2.45) is 11.8 Å². The Labute approximate surface area is 152 Å². The molecule has 0 bridgehead atoms. The summed E-state index contributed by atoms with van der Waals surface area (Å²) in [6, 6.07) is 3.69. The van der Waals surface area contributed by atoms with E-state index in [2.05, 4.69) is 19.2 Å². The van der Waals surface area contributed by atoms with Crippen molar-refractivity contribution in [1.29, 1.82) is 0 Å². The number of nitro benzene ring substituents is 1. The fraction of sp³-hybridized carbons (Fsp3) is 0.556. The van der Waals surface area contributed by atoms with Crippen LogP contribution in [0.3, 0.4) is 0 Å². The lowest BCUT2D eigenvalue weighted by molar-refractivity contribution is -0.384. The van der Waals surface area contributed by atoms with Crippen LogP contribution in [0.25, 0.3) is 0 Å². The Morgan fingerprint density at radius 1 is 1.31 bits per heavy atom. The fourth-order valence-electron chi connectivity index (χ4n) is 3.21. The topological polar surface area (TPSA) is 108 Å². The minimum absolute atomic E-state index is 0.0669. The summed E-state index contributed by atoms with van der Waals surface area (Å²) < 4.78 is 10.0. The van der Waals surface area contributed by atoms with Crippen LogP contribution in [0.4, 0.5) is 5.69 Å². The van der Waals surface area contributed by atoms with Gasteiger partial charge in [0.25, 0.3) is 11.6 Å². The smallest absolute Gasteiger partial charge is 0.342 e. The van der Waals surface area contributed by atoms with Crippen LogP contribution in [0.5, 0.6) is 5.75 Å². The third kappa shape index (κ3) is 4.71. The summed E-state index contributed by atoms with van der Waals surface area (Å²) in [5.74, 6) is -0.179. The standard InChI is InChI=1S/C18H24N2O6/c1-11-5-4-6-15(12(11)2)19-17(21)10-26-18(22)14-9-13(20(23)24)7-8-16(14)25-3/h7-9,11-12,15H,4-6,10H2,1-3H3,(H,19,21)/t11-,12+,15-/m0/s1. The van der Waals surface area contributed by atoms with E-state index in [4.69, 9.17) is 9.47 Å². The number of non-ortho nitro benzene ring substituents is 1. The second-order valence-corrected chi connectivity index (χ2v) is 6.66. The Morgan fingerprint density at radius 2 is 2.04 bits per heavy atom. The van der Waals surface area contributed by atoms with Crippen LogP contribution >= 0.6 is 0 Å². The average Bonchev–Trinajstić information content (AvgIpc) is 2.62. The number of amides is 1. The molecule has 142 valence electrons. The monoisotopic (exact) mass is 364 g/mol. The summed E-state index contributed by atoms with van der Waals surface area (Å²) in [5, 5.41) is 13.8. The van der Waals surface area contributed by atoms with Gasteiger partial charge < -0.3 is 14.8 Å². The molecule has 0 heterocycles. The van der Waals surface area contributed by atoms with Gasteiger partial charge in [0.15, 0.2) is 6.61 Å². The molecule has 2 rings (SSSR count). The number of hydrogen-bond acceptors (Lipinski definition) is 6. The van der Waals surface area contributed by atoms with E-state index in [1.165, 1.54) is 19.2 Å². The molecule has 1 aliphatic rings. The molecule has 1 aliphatic carbocycles. The van der Waals surface area contributed by atoms with Gasteiger partial charge in [0, 0.05) is 18.2 Å². The number of nitrogens with one attached hydrogen (secondary N) is 1. The molecule has 1 aromatic carbocycles. The predicted molar refractivity (Wildman–Crippen MR) is 94.0 cm³/mol. The molecule has 0 spiro atoms. The SMILES string of the molecule is COc1ccc([N+](=O)[O-])cc1C(=O)OCC(=O)N[C@H]1CCC[C@H](C)[C@H]1C. The van der Waals surface area contributed by atoms with E-state index < -0.39 is 17.5 Å². The quantitative estimate of drug-likeness (QED) is 0.472. The molecule has 3 atom stereocenters. The zero-order valence-electron chi connectivity index (χ0n) is 15.2. The molecule has 1 amide bonds. The molecule has 1 N–H and O–H groups in total. The summed E-state index contributed by atoms with van der Waals surface area (Å²) >= 11 is 0. The van der Waals surface area contributed by atoms with Gasteiger partial charge in [-0.2, -0.15) is 0 Å². The van der Waals surface area contributed by atoms with Crippen LogP contribution in [-0.4, -0.2) is 36.6 Å². The first-order valence-electron chi connectivity index (χ1n) is 8.62. The molecule has 0 saturated heterocycles. The Bertz CT molecular complexity index is 690. The molecule has 8 heteroatoms. The van der Waals surface area contributed by atoms with Crippen LogP contribution in [-0.2, 0) is 9.53 Å². The first-order chi connectivity index (χ1) is 12.3. The third-order valence-corrected chi connectivity index (χ3v) is 5.00. The number of hydrogen-bond donors (Lipinski definition) is 1. The summed E-state index contributed by atoms with van der Waals surface area (Å²) in [6.45, 7) is 3.83.